The summed E-state index contributed by atoms with van der Waals surface area (Å²) in [5.74, 6) is -4.33. The van der Waals surface area contributed by atoms with E-state index in [1.54, 1.807) is 0 Å². The van der Waals surface area contributed by atoms with E-state index in [0.717, 1.165) is 35.4 Å². The first-order valence-corrected chi connectivity index (χ1v) is 14.9. The summed E-state index contributed by atoms with van der Waals surface area (Å²) < 4.78 is 26.2. The zero-order valence-electron chi connectivity index (χ0n) is 20.2. The summed E-state index contributed by atoms with van der Waals surface area (Å²) >= 11 is 19.1. The van der Waals surface area contributed by atoms with E-state index in [1.807, 2.05) is 0 Å². The molecule has 1 saturated heterocycles. The summed E-state index contributed by atoms with van der Waals surface area (Å²) in [4.78, 5) is 55.4. The molecule has 0 N–H and O–H groups in total. The van der Waals surface area contributed by atoms with E-state index in [4.69, 9.17) is 34.8 Å². The number of nitrogens with zero attached hydrogens (tertiary/aromatic N) is 3. The van der Waals surface area contributed by atoms with Gasteiger partial charge in [-0.05, 0) is 54.1 Å². The Morgan fingerprint density at radius 1 is 0.951 bits per heavy atom. The van der Waals surface area contributed by atoms with Crippen LogP contribution in [0.3, 0.4) is 0 Å². The van der Waals surface area contributed by atoms with Crippen LogP contribution in [-0.2, 0) is 19.4 Å². The summed E-state index contributed by atoms with van der Waals surface area (Å²) in [6.45, 7) is 0. The fourth-order valence-corrected chi connectivity index (χ4v) is 7.54. The van der Waals surface area contributed by atoms with Crippen molar-refractivity contribution in [1.82, 2.24) is 4.98 Å². The molecule has 41 heavy (non-hydrogen) atoms. The van der Waals surface area contributed by atoms with Gasteiger partial charge in [0.2, 0.25) is 15.6 Å². The van der Waals surface area contributed by atoms with Crippen molar-refractivity contribution in [3.63, 3.8) is 0 Å². The summed E-state index contributed by atoms with van der Waals surface area (Å²) in [5, 5.41) is 11.5. The topological polar surface area (TPSA) is 145 Å². The van der Waals surface area contributed by atoms with Crippen LogP contribution in [-0.4, -0.2) is 35.8 Å². The molecular formula is C26H14Cl3N3O7S2. The summed E-state index contributed by atoms with van der Waals surface area (Å²) in [7, 11) is -4.21. The van der Waals surface area contributed by atoms with Gasteiger partial charge in [-0.3, -0.25) is 29.4 Å². The second-order valence-corrected chi connectivity index (χ2v) is 13.2. The van der Waals surface area contributed by atoms with E-state index < -0.39 is 44.2 Å². The highest BCUT2D eigenvalue weighted by atomic mass is 35.5. The van der Waals surface area contributed by atoms with Crippen molar-refractivity contribution in [1.29, 1.82) is 0 Å². The number of ketones is 2. The standard InChI is InChI=1S/C26H14Cl3N3O7S2/c27-14-3-1-13(2-4-14)23(33)21-22(18-10-5-15(28)11-19(18)29)31(25(35)24(21)34)26-30-12-20(40-26)41(38,39)17-8-6-16(7-9-17)32(36)37/h1-12,21-22H. The van der Waals surface area contributed by atoms with Crippen molar-refractivity contribution in [2.45, 2.75) is 15.1 Å². The van der Waals surface area contributed by atoms with Crippen molar-refractivity contribution < 1.29 is 27.7 Å². The molecule has 208 valence electrons. The van der Waals surface area contributed by atoms with E-state index in [2.05, 4.69) is 4.98 Å². The third-order valence-electron chi connectivity index (χ3n) is 6.30. The number of nitro benzene ring substituents is 1. The number of hydrogen-bond acceptors (Lipinski definition) is 9. The minimum absolute atomic E-state index is 0.0687. The van der Waals surface area contributed by atoms with E-state index in [1.165, 1.54) is 42.5 Å². The smallest absolute Gasteiger partial charge is 0.293 e. The lowest BCUT2D eigenvalue weighted by molar-refractivity contribution is -0.384. The molecule has 0 spiro atoms. The van der Waals surface area contributed by atoms with Crippen molar-refractivity contribution in [3.8, 4) is 0 Å². The van der Waals surface area contributed by atoms with Crippen LogP contribution < -0.4 is 4.90 Å². The molecular weight excluding hydrogens is 637 g/mol. The van der Waals surface area contributed by atoms with Crippen LogP contribution >= 0.6 is 46.1 Å². The van der Waals surface area contributed by atoms with Crippen LogP contribution in [0.2, 0.25) is 15.1 Å². The predicted octanol–water partition coefficient (Wildman–Crippen LogP) is 6.00. The van der Waals surface area contributed by atoms with Gasteiger partial charge < -0.3 is 0 Å². The molecule has 1 amide bonds. The van der Waals surface area contributed by atoms with Gasteiger partial charge in [-0.15, -0.1) is 0 Å². The first kappa shape index (κ1) is 28.8. The van der Waals surface area contributed by atoms with E-state index >= 15 is 0 Å². The minimum Gasteiger partial charge on any atom is -0.293 e. The van der Waals surface area contributed by atoms with E-state index in [9.17, 15) is 32.9 Å². The number of anilines is 1. The monoisotopic (exact) mass is 649 g/mol. The summed E-state index contributed by atoms with van der Waals surface area (Å²) in [5.41, 5.74) is 0.0461. The number of benzene rings is 3. The maximum Gasteiger partial charge on any atom is 0.297 e. The molecule has 5 rings (SSSR count). The lowest BCUT2D eigenvalue weighted by Gasteiger charge is -2.26. The number of carbonyl (C=O) groups is 3. The molecule has 4 aromatic rings. The molecule has 2 heterocycles. The molecule has 15 heteroatoms. The minimum atomic E-state index is -4.21. The van der Waals surface area contributed by atoms with Crippen molar-refractivity contribution in [2.24, 2.45) is 5.92 Å². The van der Waals surface area contributed by atoms with Crippen molar-refractivity contribution in [2.75, 3.05) is 4.90 Å². The number of rotatable bonds is 7. The van der Waals surface area contributed by atoms with Gasteiger partial charge in [-0.2, -0.15) is 0 Å². The third-order valence-corrected chi connectivity index (χ3v) is 10.3. The van der Waals surface area contributed by atoms with Crippen LogP contribution in [0.25, 0.3) is 0 Å². The van der Waals surface area contributed by atoms with Gasteiger partial charge in [0.05, 0.1) is 22.1 Å². The van der Waals surface area contributed by atoms with Crippen LogP contribution in [0.5, 0.6) is 0 Å². The number of Topliss-reactive ketones (excluding diaryl/α,β-unsaturated/α-hetero) is 2. The van der Waals surface area contributed by atoms with Gasteiger partial charge in [0, 0.05) is 32.8 Å². The molecule has 10 nitrogen and oxygen atoms in total. The normalized spacial score (nSPS) is 17.2. The number of non-ortho nitro benzene ring substituents is 1. The number of hydrogen-bond donors (Lipinski definition) is 0. The maximum atomic E-state index is 13.6. The Hall–Kier alpha value is -3.68. The van der Waals surface area contributed by atoms with Gasteiger partial charge in [0.25, 0.3) is 11.6 Å². The van der Waals surface area contributed by atoms with E-state index in [-0.39, 0.29) is 41.1 Å². The zero-order chi connectivity index (χ0) is 29.6. The quantitative estimate of drug-likeness (QED) is 0.0779. The van der Waals surface area contributed by atoms with Crippen LogP contribution in [0.15, 0.2) is 82.0 Å². The third kappa shape index (κ3) is 5.24. The zero-order valence-corrected chi connectivity index (χ0v) is 24.1. The number of amides is 1. The molecule has 1 aromatic heterocycles. The predicted molar refractivity (Wildman–Crippen MR) is 152 cm³/mol. The van der Waals surface area contributed by atoms with Gasteiger partial charge in [-0.1, -0.05) is 52.2 Å². The lowest BCUT2D eigenvalue weighted by Crippen LogP contribution is -2.30. The number of nitro groups is 1. The fourth-order valence-electron chi connectivity index (χ4n) is 4.34. The summed E-state index contributed by atoms with van der Waals surface area (Å²) in [6, 6.07) is 13.1. The number of aromatic nitrogens is 1. The highest BCUT2D eigenvalue weighted by molar-refractivity contribution is 7.93. The van der Waals surface area contributed by atoms with Crippen LogP contribution in [0.1, 0.15) is 22.0 Å². The van der Waals surface area contributed by atoms with E-state index in [0.29, 0.717) is 16.4 Å². The molecule has 3 aromatic carbocycles. The average Bonchev–Trinajstić information content (AvgIpc) is 3.52. The van der Waals surface area contributed by atoms with Gasteiger partial charge >= 0.3 is 0 Å². The Bertz CT molecular complexity index is 1840. The maximum absolute atomic E-state index is 13.6. The second-order valence-electron chi connectivity index (χ2n) is 8.72. The fraction of sp³-hybridized carbons (Fsp3) is 0.0769. The molecule has 0 saturated carbocycles. The first-order valence-electron chi connectivity index (χ1n) is 11.5. The lowest BCUT2D eigenvalue weighted by atomic mass is 9.86. The van der Waals surface area contributed by atoms with Crippen molar-refractivity contribution in [3.05, 3.63) is 109 Å². The molecule has 1 aliphatic heterocycles. The second kappa shape index (κ2) is 11.0. The highest BCUT2D eigenvalue weighted by Crippen LogP contribution is 2.45. The van der Waals surface area contributed by atoms with Crippen LogP contribution in [0, 0.1) is 16.0 Å². The number of sulfone groups is 1. The Kier molecular flexibility index (Phi) is 7.70. The molecule has 0 aliphatic carbocycles. The number of thiazole rings is 1. The van der Waals surface area contributed by atoms with Gasteiger partial charge in [0.15, 0.2) is 10.9 Å². The van der Waals surface area contributed by atoms with Crippen LogP contribution in [0.4, 0.5) is 10.8 Å². The SMILES string of the molecule is O=C1C(=O)N(c2ncc(S(=O)(=O)c3ccc([N+](=O)[O-])cc3)s2)C(c2ccc(Cl)cc2Cl)C1C(=O)c1ccc(Cl)cc1. The number of carbonyl (C=O) groups excluding carboxylic acids is 3. The number of halogens is 3. The molecule has 2 atom stereocenters. The van der Waals surface area contributed by atoms with Gasteiger partial charge in [-0.25, -0.2) is 13.4 Å². The molecule has 0 bridgehead atoms. The van der Waals surface area contributed by atoms with Crippen molar-refractivity contribution >= 4 is 84.3 Å². The Morgan fingerprint density at radius 3 is 2.20 bits per heavy atom. The highest BCUT2D eigenvalue weighted by Gasteiger charge is 2.54. The molecule has 1 aliphatic rings. The van der Waals surface area contributed by atoms with Gasteiger partial charge in [0.1, 0.15) is 10.1 Å². The molecule has 1 fully saturated rings. The Balaban J connectivity index is 1.60. The molecule has 0 radical (unpaired) electrons. The largest absolute Gasteiger partial charge is 0.297 e. The average molecular weight is 651 g/mol. The Morgan fingerprint density at radius 2 is 1.59 bits per heavy atom. The molecule has 2 unspecified atom stereocenters. The first-order chi connectivity index (χ1) is 19.4. The summed E-state index contributed by atoms with van der Waals surface area (Å²) in [6.07, 6.45) is 1.00. The Labute approximate surface area is 251 Å².